The van der Waals surface area contributed by atoms with Crippen LogP contribution in [0.25, 0.3) is 5.69 Å². The summed E-state index contributed by atoms with van der Waals surface area (Å²) in [5, 5.41) is 7.37. The van der Waals surface area contributed by atoms with Gasteiger partial charge in [0.2, 0.25) is 0 Å². The highest BCUT2D eigenvalue weighted by atomic mass is 16.5. The third-order valence-electron chi connectivity index (χ3n) is 2.61. The molecule has 100 valence electrons. The van der Waals surface area contributed by atoms with Gasteiger partial charge in [0, 0.05) is 12.3 Å². The SMILES string of the molecule is CCOC(=O)[C@H](C)Nc1ccn(-c2ccccc2)n1. The minimum atomic E-state index is -0.418. The average Bonchev–Trinajstić information content (AvgIpc) is 2.88. The molecule has 0 amide bonds. The first-order chi connectivity index (χ1) is 9.20. The number of hydrogen-bond donors (Lipinski definition) is 1. The van der Waals surface area contributed by atoms with E-state index in [4.69, 9.17) is 4.74 Å². The van der Waals surface area contributed by atoms with Gasteiger partial charge in [0.1, 0.15) is 11.9 Å². The lowest BCUT2D eigenvalue weighted by atomic mass is 10.3. The lowest BCUT2D eigenvalue weighted by Crippen LogP contribution is -2.28. The maximum absolute atomic E-state index is 11.5. The molecule has 0 saturated carbocycles. The molecule has 2 rings (SSSR count). The topological polar surface area (TPSA) is 56.1 Å². The Balaban J connectivity index is 2.04. The third kappa shape index (κ3) is 3.34. The Bertz CT molecular complexity index is 537. The molecule has 5 nitrogen and oxygen atoms in total. The van der Waals surface area contributed by atoms with Crippen molar-refractivity contribution in [2.24, 2.45) is 0 Å². The van der Waals surface area contributed by atoms with Gasteiger partial charge >= 0.3 is 5.97 Å². The predicted octanol–water partition coefficient (Wildman–Crippen LogP) is 2.24. The van der Waals surface area contributed by atoms with Crippen molar-refractivity contribution in [1.29, 1.82) is 0 Å². The summed E-state index contributed by atoms with van der Waals surface area (Å²) in [6.07, 6.45) is 1.84. The van der Waals surface area contributed by atoms with Crippen molar-refractivity contribution >= 4 is 11.8 Å². The number of nitrogens with zero attached hydrogens (tertiary/aromatic N) is 2. The van der Waals surface area contributed by atoms with E-state index in [-0.39, 0.29) is 5.97 Å². The van der Waals surface area contributed by atoms with Crippen molar-refractivity contribution in [2.45, 2.75) is 19.9 Å². The zero-order chi connectivity index (χ0) is 13.7. The van der Waals surface area contributed by atoms with Crippen LogP contribution < -0.4 is 5.32 Å². The van der Waals surface area contributed by atoms with Crippen LogP contribution in [-0.2, 0) is 9.53 Å². The first-order valence-corrected chi connectivity index (χ1v) is 6.25. The number of ether oxygens (including phenoxy) is 1. The standard InChI is InChI=1S/C14H17N3O2/c1-3-19-14(18)11(2)15-13-9-10-17(16-13)12-7-5-4-6-8-12/h4-11H,3H2,1-2H3,(H,15,16)/t11-/m0/s1. The third-order valence-corrected chi connectivity index (χ3v) is 2.61. The molecule has 1 heterocycles. The van der Waals surface area contributed by atoms with E-state index in [0.29, 0.717) is 12.4 Å². The second-order valence-corrected chi connectivity index (χ2v) is 4.10. The molecule has 0 aliphatic rings. The zero-order valence-corrected chi connectivity index (χ0v) is 11.0. The van der Waals surface area contributed by atoms with E-state index >= 15 is 0 Å². The van der Waals surface area contributed by atoms with Gasteiger partial charge in [-0.05, 0) is 26.0 Å². The molecular weight excluding hydrogens is 242 g/mol. The van der Waals surface area contributed by atoms with E-state index in [1.54, 1.807) is 18.5 Å². The summed E-state index contributed by atoms with van der Waals surface area (Å²) in [4.78, 5) is 11.5. The summed E-state index contributed by atoms with van der Waals surface area (Å²) < 4.78 is 6.68. The van der Waals surface area contributed by atoms with Crippen molar-refractivity contribution in [3.8, 4) is 5.69 Å². The van der Waals surface area contributed by atoms with Crippen LogP contribution in [0, 0.1) is 0 Å². The summed E-state index contributed by atoms with van der Waals surface area (Å²) in [6.45, 7) is 3.91. The second kappa shape index (κ2) is 6.04. The van der Waals surface area contributed by atoms with E-state index in [0.717, 1.165) is 5.69 Å². The Labute approximate surface area is 112 Å². The smallest absolute Gasteiger partial charge is 0.328 e. The van der Waals surface area contributed by atoms with Gasteiger partial charge in [-0.3, -0.25) is 0 Å². The van der Waals surface area contributed by atoms with Crippen LogP contribution in [0.4, 0.5) is 5.82 Å². The van der Waals surface area contributed by atoms with Crippen molar-refractivity contribution < 1.29 is 9.53 Å². The average molecular weight is 259 g/mol. The van der Waals surface area contributed by atoms with Gasteiger partial charge in [0.05, 0.1) is 12.3 Å². The Morgan fingerprint density at radius 3 is 2.79 bits per heavy atom. The van der Waals surface area contributed by atoms with E-state index in [9.17, 15) is 4.79 Å². The normalized spacial score (nSPS) is 11.9. The molecule has 0 unspecified atom stereocenters. The summed E-state index contributed by atoms with van der Waals surface area (Å²) in [5.74, 6) is 0.362. The Morgan fingerprint density at radius 2 is 2.11 bits per heavy atom. The van der Waals surface area contributed by atoms with Gasteiger partial charge in [-0.25, -0.2) is 9.48 Å². The van der Waals surface area contributed by atoms with Crippen molar-refractivity contribution in [3.63, 3.8) is 0 Å². The Morgan fingerprint density at radius 1 is 1.37 bits per heavy atom. The molecule has 1 atom stereocenters. The number of aromatic nitrogens is 2. The molecule has 5 heteroatoms. The minimum Gasteiger partial charge on any atom is -0.464 e. The Hall–Kier alpha value is -2.30. The van der Waals surface area contributed by atoms with Crippen LogP contribution in [0.2, 0.25) is 0 Å². The monoisotopic (exact) mass is 259 g/mol. The maximum Gasteiger partial charge on any atom is 0.328 e. The van der Waals surface area contributed by atoms with Crippen LogP contribution in [0.3, 0.4) is 0 Å². The fourth-order valence-corrected chi connectivity index (χ4v) is 1.67. The van der Waals surface area contributed by atoms with Crippen molar-refractivity contribution in [2.75, 3.05) is 11.9 Å². The number of para-hydroxylation sites is 1. The first-order valence-electron chi connectivity index (χ1n) is 6.25. The molecule has 0 bridgehead atoms. The number of anilines is 1. The lowest BCUT2D eigenvalue weighted by molar-refractivity contribution is -0.143. The predicted molar refractivity (Wildman–Crippen MR) is 73.3 cm³/mol. The quantitative estimate of drug-likeness (QED) is 0.837. The molecule has 0 radical (unpaired) electrons. The fraction of sp³-hybridized carbons (Fsp3) is 0.286. The van der Waals surface area contributed by atoms with Crippen molar-refractivity contribution in [3.05, 3.63) is 42.6 Å². The van der Waals surface area contributed by atoms with Gasteiger partial charge in [0.15, 0.2) is 0 Å². The summed E-state index contributed by atoms with van der Waals surface area (Å²) in [6, 6.07) is 11.2. The number of benzene rings is 1. The van der Waals surface area contributed by atoms with Crippen LogP contribution in [0.15, 0.2) is 42.6 Å². The van der Waals surface area contributed by atoms with Crippen molar-refractivity contribution in [1.82, 2.24) is 9.78 Å². The van der Waals surface area contributed by atoms with Gasteiger partial charge in [0.25, 0.3) is 0 Å². The highest BCUT2D eigenvalue weighted by Gasteiger charge is 2.14. The first kappa shape index (κ1) is 13.1. The molecule has 19 heavy (non-hydrogen) atoms. The van der Waals surface area contributed by atoms with E-state index in [1.807, 2.05) is 42.6 Å². The van der Waals surface area contributed by atoms with Crippen LogP contribution in [0.5, 0.6) is 0 Å². The second-order valence-electron chi connectivity index (χ2n) is 4.10. The van der Waals surface area contributed by atoms with Gasteiger partial charge < -0.3 is 10.1 Å². The van der Waals surface area contributed by atoms with Gasteiger partial charge in [-0.1, -0.05) is 18.2 Å². The molecule has 0 aliphatic carbocycles. The highest BCUT2D eigenvalue weighted by Crippen LogP contribution is 2.10. The molecule has 0 fully saturated rings. The summed E-state index contributed by atoms with van der Waals surface area (Å²) in [7, 11) is 0. The molecule has 0 saturated heterocycles. The number of nitrogens with one attached hydrogen (secondary N) is 1. The molecular formula is C14H17N3O2. The van der Waals surface area contributed by atoms with E-state index in [2.05, 4.69) is 10.4 Å². The maximum atomic E-state index is 11.5. The van der Waals surface area contributed by atoms with Crippen LogP contribution in [0.1, 0.15) is 13.8 Å². The largest absolute Gasteiger partial charge is 0.464 e. The van der Waals surface area contributed by atoms with E-state index in [1.165, 1.54) is 0 Å². The number of esters is 1. The highest BCUT2D eigenvalue weighted by molar-refractivity contribution is 5.78. The minimum absolute atomic E-state index is 0.281. The molecule has 1 N–H and O–H groups in total. The number of hydrogen-bond acceptors (Lipinski definition) is 4. The molecule has 1 aromatic carbocycles. The summed E-state index contributed by atoms with van der Waals surface area (Å²) >= 11 is 0. The zero-order valence-electron chi connectivity index (χ0n) is 11.0. The molecule has 1 aromatic heterocycles. The molecule has 0 aliphatic heterocycles. The lowest BCUT2D eigenvalue weighted by Gasteiger charge is -2.11. The number of rotatable bonds is 5. The Kier molecular flexibility index (Phi) is 4.18. The van der Waals surface area contributed by atoms with Crippen LogP contribution in [-0.4, -0.2) is 28.4 Å². The fourth-order valence-electron chi connectivity index (χ4n) is 1.67. The summed E-state index contributed by atoms with van der Waals surface area (Å²) in [5.41, 5.74) is 0.972. The van der Waals surface area contributed by atoms with E-state index < -0.39 is 6.04 Å². The molecule has 2 aromatic rings. The van der Waals surface area contributed by atoms with Gasteiger partial charge in [-0.15, -0.1) is 0 Å². The van der Waals surface area contributed by atoms with Crippen LogP contribution >= 0.6 is 0 Å². The van der Waals surface area contributed by atoms with Gasteiger partial charge in [-0.2, -0.15) is 5.10 Å². The molecule has 0 spiro atoms. The number of carbonyl (C=O) groups is 1. The number of carbonyl (C=O) groups excluding carboxylic acids is 1.